The third-order valence-corrected chi connectivity index (χ3v) is 5.87. The zero-order valence-corrected chi connectivity index (χ0v) is 9.53. The van der Waals surface area contributed by atoms with Crippen LogP contribution in [0.1, 0.15) is 12.8 Å². The smallest absolute Gasteiger partial charge is 0.220 e. The van der Waals surface area contributed by atoms with E-state index in [1.165, 1.54) is 34.8 Å². The predicted molar refractivity (Wildman–Crippen MR) is 58.2 cm³/mol. The van der Waals surface area contributed by atoms with Crippen molar-refractivity contribution in [2.24, 2.45) is 0 Å². The molecule has 0 radical (unpaired) electrons. The zero-order valence-electron chi connectivity index (χ0n) is 7.08. The summed E-state index contributed by atoms with van der Waals surface area (Å²) in [7, 11) is 3.82. The molecule has 0 spiro atoms. The van der Waals surface area contributed by atoms with E-state index >= 15 is 0 Å². The first kappa shape index (κ1) is 8.78. The van der Waals surface area contributed by atoms with Crippen LogP contribution in [0.2, 0.25) is 0 Å². The summed E-state index contributed by atoms with van der Waals surface area (Å²) in [5.74, 6) is 0. The van der Waals surface area contributed by atoms with Crippen LogP contribution >= 0.6 is 32.4 Å². The monoisotopic (exact) mass is 218 g/mol. The molecule has 1 aromatic heterocycles. The molecule has 1 aliphatic heterocycles. The highest BCUT2D eigenvalue weighted by atomic mass is 32.9. The van der Waals surface area contributed by atoms with Gasteiger partial charge in [-0.25, -0.2) is 4.58 Å². The first-order valence-corrected chi connectivity index (χ1v) is 7.50. The van der Waals surface area contributed by atoms with Crippen LogP contribution in [0.15, 0.2) is 10.3 Å². The Labute approximate surface area is 84.1 Å². The largest absolute Gasteiger partial charge is 0.268 e. The topological polar surface area (TPSA) is 3.01 Å². The summed E-state index contributed by atoms with van der Waals surface area (Å²) in [5.41, 5.74) is 0. The molecule has 12 heavy (non-hydrogen) atoms. The lowest BCUT2D eigenvalue weighted by Crippen LogP contribution is -2.23. The number of nitrogens with zero attached hydrogens (tertiary/aromatic N) is 1. The van der Waals surface area contributed by atoms with Gasteiger partial charge >= 0.3 is 0 Å². The second-order valence-corrected chi connectivity index (χ2v) is 6.16. The normalized spacial score (nSPS) is 17.2. The minimum atomic E-state index is 1.26. The molecule has 2 rings (SSSR count). The summed E-state index contributed by atoms with van der Waals surface area (Å²) >= 11 is 1.85. The lowest BCUT2D eigenvalue weighted by atomic mass is 10.4. The molecule has 1 aliphatic rings. The Bertz CT molecular complexity index is 315. The number of hydrogen-bond acceptors (Lipinski definition) is 3. The predicted octanol–water partition coefficient (Wildman–Crippen LogP) is 2.10. The van der Waals surface area contributed by atoms with Crippen LogP contribution in [0.3, 0.4) is 0 Å². The number of thioether (sulfide) groups is 1. The zero-order chi connectivity index (χ0) is 8.39. The Morgan fingerprint density at radius 3 is 2.67 bits per heavy atom. The third kappa shape index (κ3) is 1.75. The van der Waals surface area contributed by atoms with Crippen LogP contribution in [0, 0.1) is 0 Å². The fraction of sp³-hybridized carbons (Fsp3) is 0.625. The fourth-order valence-electron chi connectivity index (χ4n) is 1.41. The van der Waals surface area contributed by atoms with E-state index in [9.17, 15) is 0 Å². The first-order valence-electron chi connectivity index (χ1n) is 4.12. The maximum Gasteiger partial charge on any atom is 0.268 e. The van der Waals surface area contributed by atoms with Crippen LogP contribution in [-0.4, -0.2) is 19.3 Å². The van der Waals surface area contributed by atoms with Crippen molar-refractivity contribution in [2.45, 2.75) is 17.1 Å². The van der Waals surface area contributed by atoms with E-state index in [0.29, 0.717) is 0 Å². The molecule has 0 N–H and O–H groups in total. The van der Waals surface area contributed by atoms with E-state index in [0.717, 1.165) is 0 Å². The van der Waals surface area contributed by atoms with Gasteiger partial charge in [0.1, 0.15) is 13.1 Å². The van der Waals surface area contributed by atoms with Crippen LogP contribution in [-0.2, 0) is 0 Å². The van der Waals surface area contributed by atoms with Gasteiger partial charge in [-0.3, -0.25) is 0 Å². The molecular formula is C8H12NS3+. The minimum absolute atomic E-state index is 1.26. The van der Waals surface area contributed by atoms with Gasteiger partial charge in [-0.15, -0.1) is 11.8 Å². The number of hydrogen-bond donors (Lipinski definition) is 0. The summed E-state index contributed by atoms with van der Waals surface area (Å²) in [4.78, 5) is 0. The molecule has 0 amide bonds. The standard InChI is InChI=1S/C8H12NS3/c1-10-8-6-7(11-12-8)9-4-2-3-5-9/h6H,2-5H2,1H3/q+1. The summed E-state index contributed by atoms with van der Waals surface area (Å²) in [6, 6.07) is 2.32. The average Bonchev–Trinajstić information content (AvgIpc) is 2.75. The van der Waals surface area contributed by atoms with Crippen molar-refractivity contribution in [1.29, 1.82) is 0 Å². The maximum atomic E-state index is 2.50. The van der Waals surface area contributed by atoms with E-state index in [1.54, 1.807) is 0 Å². The van der Waals surface area contributed by atoms with Crippen LogP contribution in [0.25, 0.3) is 0 Å². The van der Waals surface area contributed by atoms with Gasteiger partial charge in [0.15, 0.2) is 0 Å². The molecular weight excluding hydrogens is 206 g/mol. The second kappa shape index (κ2) is 3.94. The molecule has 0 aromatic carbocycles. The van der Waals surface area contributed by atoms with Gasteiger partial charge in [0.25, 0.3) is 4.67 Å². The number of rotatable bonds is 1. The second-order valence-electron chi connectivity index (χ2n) is 2.87. The van der Waals surface area contributed by atoms with Gasteiger partial charge in [-0.05, 0) is 16.6 Å². The van der Waals surface area contributed by atoms with E-state index in [1.807, 2.05) is 32.4 Å². The minimum Gasteiger partial charge on any atom is -0.220 e. The molecule has 1 fully saturated rings. The Morgan fingerprint density at radius 2 is 2.08 bits per heavy atom. The Hall–Kier alpha value is 0.200. The molecule has 1 saturated heterocycles. The van der Waals surface area contributed by atoms with E-state index in [2.05, 4.69) is 16.9 Å². The fourth-order valence-corrected chi connectivity index (χ4v) is 4.87. The molecule has 0 saturated carbocycles. The SMILES string of the molecule is CSc1cc(=[N+]2CCCC2)ss1. The van der Waals surface area contributed by atoms with Gasteiger partial charge in [0.2, 0.25) is 0 Å². The van der Waals surface area contributed by atoms with Crippen molar-refractivity contribution in [1.82, 2.24) is 4.58 Å². The van der Waals surface area contributed by atoms with Crippen molar-refractivity contribution < 1.29 is 0 Å². The van der Waals surface area contributed by atoms with E-state index < -0.39 is 0 Å². The van der Waals surface area contributed by atoms with Crippen LogP contribution in [0.5, 0.6) is 0 Å². The van der Waals surface area contributed by atoms with Crippen molar-refractivity contribution in [3.8, 4) is 0 Å². The van der Waals surface area contributed by atoms with Crippen LogP contribution < -0.4 is 9.25 Å². The molecule has 0 aliphatic carbocycles. The summed E-state index contributed by atoms with van der Waals surface area (Å²) in [6.07, 6.45) is 4.89. The first-order chi connectivity index (χ1) is 5.90. The van der Waals surface area contributed by atoms with Gasteiger partial charge < -0.3 is 0 Å². The Balaban J connectivity index is 2.37. The molecule has 66 valence electrons. The lowest BCUT2D eigenvalue weighted by molar-refractivity contribution is 0.705. The van der Waals surface area contributed by atoms with Crippen molar-refractivity contribution in [2.75, 3.05) is 19.3 Å². The summed E-state index contributed by atoms with van der Waals surface area (Å²) in [5, 5.41) is 0. The van der Waals surface area contributed by atoms with Gasteiger partial charge in [0.05, 0.1) is 4.21 Å². The molecule has 0 unspecified atom stereocenters. The molecule has 0 bridgehead atoms. The Morgan fingerprint density at radius 1 is 1.33 bits per heavy atom. The molecule has 2 heterocycles. The van der Waals surface area contributed by atoms with Gasteiger partial charge in [0, 0.05) is 18.9 Å². The van der Waals surface area contributed by atoms with Gasteiger partial charge in [-0.1, -0.05) is 10.3 Å². The average molecular weight is 218 g/mol. The quantitative estimate of drug-likeness (QED) is 0.396. The van der Waals surface area contributed by atoms with E-state index in [4.69, 9.17) is 0 Å². The molecule has 1 nitrogen and oxygen atoms in total. The highest BCUT2D eigenvalue weighted by Crippen LogP contribution is 2.21. The summed E-state index contributed by atoms with van der Waals surface area (Å²) in [6.45, 7) is 2.53. The molecule has 4 heteroatoms. The summed E-state index contributed by atoms with van der Waals surface area (Å²) < 4.78 is 5.42. The highest BCUT2D eigenvalue weighted by molar-refractivity contribution is 8.02. The van der Waals surface area contributed by atoms with Crippen molar-refractivity contribution in [3.63, 3.8) is 0 Å². The van der Waals surface area contributed by atoms with Crippen LogP contribution in [0.4, 0.5) is 0 Å². The van der Waals surface area contributed by atoms with Gasteiger partial charge in [-0.2, -0.15) is 0 Å². The lowest BCUT2D eigenvalue weighted by Gasteiger charge is -1.85. The molecule has 0 atom stereocenters. The highest BCUT2D eigenvalue weighted by Gasteiger charge is 2.14. The molecule has 1 aromatic rings. The van der Waals surface area contributed by atoms with E-state index in [-0.39, 0.29) is 0 Å². The third-order valence-electron chi connectivity index (χ3n) is 2.07. The van der Waals surface area contributed by atoms with Crippen molar-refractivity contribution in [3.05, 3.63) is 10.7 Å². The Kier molecular flexibility index (Phi) is 2.88. The maximum absolute atomic E-state index is 2.50. The van der Waals surface area contributed by atoms with Crippen molar-refractivity contribution >= 4 is 32.4 Å².